The Morgan fingerprint density at radius 1 is 1.38 bits per heavy atom. The molecule has 0 radical (unpaired) electrons. The van der Waals surface area contributed by atoms with Gasteiger partial charge in [-0.05, 0) is 18.2 Å². The number of nitrogen functional groups attached to an aromatic ring is 1. The number of primary amides is 1. The Hall–Kier alpha value is -2.71. The number of carbonyl (C=O) groups is 1. The molecule has 0 bridgehead atoms. The number of alkyl halides is 3. The number of aromatic nitrogens is 2. The van der Waals surface area contributed by atoms with Crippen molar-refractivity contribution < 1.29 is 18.0 Å². The molecule has 0 saturated heterocycles. The van der Waals surface area contributed by atoms with Gasteiger partial charge < -0.3 is 16.8 Å². The van der Waals surface area contributed by atoms with Gasteiger partial charge in [0.15, 0.2) is 0 Å². The molecule has 0 unspecified atom stereocenters. The third-order valence-corrected chi connectivity index (χ3v) is 2.82. The zero-order valence-corrected chi connectivity index (χ0v) is 10.7. The summed E-state index contributed by atoms with van der Waals surface area (Å²) in [5.74, 6) is -0.805. The molecular weight excluding hydrogens is 287 g/mol. The van der Waals surface area contributed by atoms with Crippen LogP contribution in [0.3, 0.4) is 0 Å². The highest BCUT2D eigenvalue weighted by molar-refractivity contribution is 5.95. The van der Waals surface area contributed by atoms with E-state index in [4.69, 9.17) is 11.5 Å². The highest BCUT2D eigenvalue weighted by Crippen LogP contribution is 2.33. The number of amides is 1. The Labute approximate surface area is 117 Å². The zero-order valence-electron chi connectivity index (χ0n) is 10.7. The number of aromatic amines is 1. The van der Waals surface area contributed by atoms with Crippen LogP contribution in [0.4, 0.5) is 24.7 Å². The molecule has 21 heavy (non-hydrogen) atoms. The molecule has 112 valence electrons. The van der Waals surface area contributed by atoms with E-state index in [2.05, 4.69) is 15.5 Å². The molecule has 0 aliphatic heterocycles. The van der Waals surface area contributed by atoms with Crippen molar-refractivity contribution in [3.63, 3.8) is 0 Å². The van der Waals surface area contributed by atoms with E-state index in [9.17, 15) is 18.0 Å². The first kappa shape index (κ1) is 14.7. The van der Waals surface area contributed by atoms with Crippen molar-refractivity contribution in [2.24, 2.45) is 5.73 Å². The minimum atomic E-state index is -4.67. The maximum Gasteiger partial charge on any atom is 0.417 e. The van der Waals surface area contributed by atoms with Crippen LogP contribution in [0.15, 0.2) is 24.4 Å². The van der Waals surface area contributed by atoms with E-state index in [0.717, 1.165) is 12.1 Å². The molecule has 0 fully saturated rings. The van der Waals surface area contributed by atoms with Crippen molar-refractivity contribution in [1.29, 1.82) is 0 Å². The first-order chi connectivity index (χ1) is 9.79. The quantitative estimate of drug-likeness (QED) is 0.689. The zero-order chi connectivity index (χ0) is 15.6. The average Bonchev–Trinajstić information content (AvgIpc) is 2.80. The molecule has 0 aliphatic carbocycles. The third-order valence-electron chi connectivity index (χ3n) is 2.82. The number of benzene rings is 1. The first-order valence-corrected chi connectivity index (χ1v) is 5.81. The molecule has 0 atom stereocenters. The fourth-order valence-corrected chi connectivity index (χ4v) is 1.76. The van der Waals surface area contributed by atoms with Gasteiger partial charge in [0.25, 0.3) is 0 Å². The van der Waals surface area contributed by atoms with Crippen LogP contribution in [0.5, 0.6) is 0 Å². The average molecular weight is 299 g/mol. The lowest BCUT2D eigenvalue weighted by atomic mass is 10.1. The Morgan fingerprint density at radius 2 is 2.10 bits per heavy atom. The summed E-state index contributed by atoms with van der Waals surface area (Å²) >= 11 is 0. The monoisotopic (exact) mass is 299 g/mol. The number of halogens is 3. The fraction of sp³-hybridized carbons (Fsp3) is 0.167. The molecule has 9 heteroatoms. The van der Waals surface area contributed by atoms with Gasteiger partial charge in [0, 0.05) is 17.8 Å². The molecule has 1 amide bonds. The maximum absolute atomic E-state index is 12.9. The van der Waals surface area contributed by atoms with Crippen LogP contribution in [0.1, 0.15) is 21.5 Å². The second-order valence-corrected chi connectivity index (χ2v) is 4.28. The number of nitrogens with zero attached hydrogens (tertiary/aromatic N) is 1. The molecule has 2 aromatic rings. The van der Waals surface area contributed by atoms with Crippen molar-refractivity contribution in [2.75, 3.05) is 11.1 Å². The highest BCUT2D eigenvalue weighted by atomic mass is 19.4. The van der Waals surface area contributed by atoms with Crippen LogP contribution in [0.25, 0.3) is 0 Å². The molecule has 0 aliphatic rings. The smallest absolute Gasteiger partial charge is 0.384 e. The maximum atomic E-state index is 12.9. The minimum Gasteiger partial charge on any atom is -0.384 e. The van der Waals surface area contributed by atoms with Crippen LogP contribution >= 0.6 is 0 Å². The second kappa shape index (κ2) is 5.35. The third kappa shape index (κ3) is 3.25. The Morgan fingerprint density at radius 3 is 2.62 bits per heavy atom. The van der Waals surface area contributed by atoms with Gasteiger partial charge in [0.2, 0.25) is 5.91 Å². The number of rotatable bonds is 4. The van der Waals surface area contributed by atoms with Gasteiger partial charge in [-0.15, -0.1) is 0 Å². The summed E-state index contributed by atoms with van der Waals surface area (Å²) in [4.78, 5) is 11.0. The van der Waals surface area contributed by atoms with E-state index in [0.29, 0.717) is 11.4 Å². The fourth-order valence-electron chi connectivity index (χ4n) is 1.76. The lowest BCUT2D eigenvalue weighted by Crippen LogP contribution is -2.19. The number of nitrogens with one attached hydrogen (secondary N) is 2. The number of hydrogen-bond acceptors (Lipinski definition) is 4. The van der Waals surface area contributed by atoms with Gasteiger partial charge in [-0.3, -0.25) is 9.89 Å². The lowest BCUT2D eigenvalue weighted by molar-refractivity contribution is -0.137. The Kier molecular flexibility index (Phi) is 3.74. The summed E-state index contributed by atoms with van der Waals surface area (Å²) in [6.45, 7) is 0.190. The number of carbonyl (C=O) groups excluding carboxylic acids is 1. The lowest BCUT2D eigenvalue weighted by Gasteiger charge is -2.13. The number of H-pyrrole nitrogens is 1. The molecule has 6 nitrogen and oxygen atoms in total. The van der Waals surface area contributed by atoms with E-state index in [-0.39, 0.29) is 12.2 Å². The number of hydrogen-bond donors (Lipinski definition) is 4. The van der Waals surface area contributed by atoms with E-state index < -0.39 is 23.2 Å². The Balaban J connectivity index is 2.26. The van der Waals surface area contributed by atoms with Gasteiger partial charge in [-0.1, -0.05) is 0 Å². The predicted molar refractivity (Wildman–Crippen MR) is 70.3 cm³/mol. The van der Waals surface area contributed by atoms with Gasteiger partial charge in [-0.2, -0.15) is 18.3 Å². The van der Waals surface area contributed by atoms with Crippen LogP contribution in [-0.2, 0) is 12.7 Å². The number of nitrogens with two attached hydrogens (primary N) is 2. The molecule has 0 saturated carbocycles. The highest BCUT2D eigenvalue weighted by Gasteiger charge is 2.35. The summed E-state index contributed by atoms with van der Waals surface area (Å²) in [5, 5.41) is 8.98. The summed E-state index contributed by atoms with van der Waals surface area (Å²) in [6, 6.07) is 3.20. The van der Waals surface area contributed by atoms with Gasteiger partial charge in [0.05, 0.1) is 17.3 Å². The van der Waals surface area contributed by atoms with Crippen LogP contribution in [0.2, 0.25) is 0 Å². The number of anilines is 2. The van der Waals surface area contributed by atoms with E-state index >= 15 is 0 Å². The summed E-state index contributed by atoms with van der Waals surface area (Å²) in [5.41, 5.74) is 9.66. The summed E-state index contributed by atoms with van der Waals surface area (Å²) < 4.78 is 38.7. The van der Waals surface area contributed by atoms with Crippen molar-refractivity contribution >= 4 is 17.4 Å². The van der Waals surface area contributed by atoms with Crippen molar-refractivity contribution in [2.45, 2.75) is 12.7 Å². The topological polar surface area (TPSA) is 110 Å². The standard InChI is InChI=1S/C12H12F3N5O/c13-12(14,15)9-3-7(1-2-8(9)11(17)21)18-4-6-5-19-20-10(6)16/h1-3,5,18H,4H2,(H2,17,21)(H3,16,19,20). The molecular formula is C12H12F3N5O. The largest absolute Gasteiger partial charge is 0.417 e. The summed E-state index contributed by atoms with van der Waals surface area (Å²) in [6.07, 6.45) is -3.21. The SMILES string of the molecule is NC(=O)c1ccc(NCc2cn[nH]c2N)cc1C(F)(F)F. The van der Waals surface area contributed by atoms with E-state index in [1.807, 2.05) is 0 Å². The van der Waals surface area contributed by atoms with Crippen LogP contribution < -0.4 is 16.8 Å². The van der Waals surface area contributed by atoms with Gasteiger partial charge in [-0.25, -0.2) is 0 Å². The molecule has 6 N–H and O–H groups in total. The van der Waals surface area contributed by atoms with E-state index in [1.165, 1.54) is 12.3 Å². The normalized spacial score (nSPS) is 11.4. The molecule has 1 aromatic carbocycles. The molecule has 1 heterocycles. The van der Waals surface area contributed by atoms with Crippen LogP contribution in [-0.4, -0.2) is 16.1 Å². The van der Waals surface area contributed by atoms with Crippen molar-refractivity contribution in [3.05, 3.63) is 41.1 Å². The molecule has 1 aromatic heterocycles. The van der Waals surface area contributed by atoms with Gasteiger partial charge >= 0.3 is 6.18 Å². The van der Waals surface area contributed by atoms with Crippen molar-refractivity contribution in [1.82, 2.24) is 10.2 Å². The Bertz CT molecular complexity index is 665. The van der Waals surface area contributed by atoms with Crippen LogP contribution in [0, 0.1) is 0 Å². The first-order valence-electron chi connectivity index (χ1n) is 5.81. The predicted octanol–water partition coefficient (Wildman–Crippen LogP) is 1.72. The van der Waals surface area contributed by atoms with Gasteiger partial charge in [0.1, 0.15) is 5.82 Å². The van der Waals surface area contributed by atoms with E-state index in [1.54, 1.807) is 0 Å². The van der Waals surface area contributed by atoms with Crippen molar-refractivity contribution in [3.8, 4) is 0 Å². The summed E-state index contributed by atoms with van der Waals surface area (Å²) in [7, 11) is 0. The second-order valence-electron chi connectivity index (χ2n) is 4.28. The molecule has 0 spiro atoms. The minimum absolute atomic E-state index is 0.188. The molecule has 2 rings (SSSR count).